The molecule has 0 aliphatic rings. The summed E-state index contributed by atoms with van der Waals surface area (Å²) in [4.78, 5) is 16.1. The van der Waals surface area contributed by atoms with Crippen LogP contribution in [0.15, 0.2) is 41.1 Å². The molecule has 1 atom stereocenters. The highest BCUT2D eigenvalue weighted by atomic mass is 19.2. The SMILES string of the molecule is COCCNC(=O)c1ccc(OC(C)c2c(-c3ccc(F)c(F)c3)noc2O)nc1. The second-order valence-electron chi connectivity index (χ2n) is 6.27. The van der Waals surface area contributed by atoms with Crippen molar-refractivity contribution in [1.29, 1.82) is 0 Å². The van der Waals surface area contributed by atoms with E-state index in [2.05, 4.69) is 15.5 Å². The molecule has 1 aromatic carbocycles. The number of halogens is 2. The number of nitrogens with zero attached hydrogens (tertiary/aromatic N) is 2. The fourth-order valence-corrected chi connectivity index (χ4v) is 2.70. The van der Waals surface area contributed by atoms with E-state index in [1.165, 1.54) is 31.5 Å². The van der Waals surface area contributed by atoms with Gasteiger partial charge in [-0.3, -0.25) is 4.79 Å². The first kappa shape index (κ1) is 21.2. The average molecular weight is 419 g/mol. The molecule has 10 heteroatoms. The lowest BCUT2D eigenvalue weighted by atomic mass is 10.0. The Morgan fingerprint density at radius 2 is 2.07 bits per heavy atom. The molecule has 0 saturated heterocycles. The van der Waals surface area contributed by atoms with E-state index < -0.39 is 23.7 Å². The van der Waals surface area contributed by atoms with Gasteiger partial charge >= 0.3 is 5.95 Å². The number of ether oxygens (including phenoxy) is 2. The minimum atomic E-state index is -1.06. The van der Waals surface area contributed by atoms with E-state index in [0.29, 0.717) is 18.7 Å². The standard InChI is InChI=1S/C20H19F2N3O5/c1-11(29-16-6-4-13(10-24-16)19(26)23-7-8-28-2)17-18(25-30-20(17)27)12-3-5-14(21)15(22)9-12/h3-6,9-11,27H,7-8H2,1-2H3,(H,23,26). The van der Waals surface area contributed by atoms with Crippen LogP contribution in [-0.4, -0.2) is 41.4 Å². The minimum absolute atomic E-state index is 0.105. The van der Waals surface area contributed by atoms with Gasteiger partial charge in [0.2, 0.25) is 5.88 Å². The molecule has 0 spiro atoms. The van der Waals surface area contributed by atoms with Crippen LogP contribution >= 0.6 is 0 Å². The van der Waals surface area contributed by atoms with E-state index in [4.69, 9.17) is 14.0 Å². The number of carbonyl (C=O) groups excluding carboxylic acids is 1. The molecule has 0 radical (unpaired) electrons. The molecular formula is C20H19F2N3O5. The molecule has 0 fully saturated rings. The van der Waals surface area contributed by atoms with Gasteiger partial charge in [0.1, 0.15) is 17.4 Å². The maximum Gasteiger partial charge on any atom is 0.316 e. The smallest absolute Gasteiger partial charge is 0.316 e. The zero-order chi connectivity index (χ0) is 21.7. The van der Waals surface area contributed by atoms with Gasteiger partial charge in [-0.25, -0.2) is 13.8 Å². The molecule has 2 N–H and O–H groups in total. The quantitative estimate of drug-likeness (QED) is 0.540. The molecule has 0 aliphatic carbocycles. The van der Waals surface area contributed by atoms with Gasteiger partial charge < -0.3 is 24.4 Å². The lowest BCUT2D eigenvalue weighted by molar-refractivity contribution is 0.0936. The second-order valence-corrected chi connectivity index (χ2v) is 6.27. The van der Waals surface area contributed by atoms with Crippen LogP contribution in [0.5, 0.6) is 11.8 Å². The summed E-state index contributed by atoms with van der Waals surface area (Å²) in [6.45, 7) is 2.35. The van der Waals surface area contributed by atoms with E-state index in [9.17, 15) is 18.7 Å². The number of methoxy groups -OCH3 is 1. The van der Waals surface area contributed by atoms with Crippen LogP contribution in [0.25, 0.3) is 11.3 Å². The third-order valence-electron chi connectivity index (χ3n) is 4.20. The number of amides is 1. The van der Waals surface area contributed by atoms with E-state index >= 15 is 0 Å². The number of hydrogen-bond donors (Lipinski definition) is 2. The Labute approximate surface area is 170 Å². The summed E-state index contributed by atoms with van der Waals surface area (Å²) in [6, 6.07) is 6.22. The Hall–Kier alpha value is -3.53. The van der Waals surface area contributed by atoms with Crippen LogP contribution in [0.2, 0.25) is 0 Å². The molecule has 0 bridgehead atoms. The van der Waals surface area contributed by atoms with Gasteiger partial charge in [-0.15, -0.1) is 0 Å². The van der Waals surface area contributed by atoms with E-state index in [0.717, 1.165) is 12.1 Å². The van der Waals surface area contributed by atoms with E-state index in [1.807, 2.05) is 0 Å². The molecule has 2 aromatic heterocycles. The summed E-state index contributed by atoms with van der Waals surface area (Å²) in [6.07, 6.45) is 0.543. The number of pyridine rings is 1. The molecule has 1 unspecified atom stereocenters. The number of benzene rings is 1. The predicted molar refractivity (Wildman–Crippen MR) is 101 cm³/mol. The molecule has 2 heterocycles. The van der Waals surface area contributed by atoms with Crippen LogP contribution in [0.1, 0.15) is 28.9 Å². The molecule has 1 amide bonds. The Balaban J connectivity index is 1.75. The van der Waals surface area contributed by atoms with E-state index in [1.54, 1.807) is 6.92 Å². The van der Waals surface area contributed by atoms with Crippen LogP contribution in [0.3, 0.4) is 0 Å². The van der Waals surface area contributed by atoms with Crippen molar-refractivity contribution in [3.05, 3.63) is 59.3 Å². The fourth-order valence-electron chi connectivity index (χ4n) is 2.70. The summed E-state index contributed by atoms with van der Waals surface area (Å²) in [5.74, 6) is -2.72. The largest absolute Gasteiger partial charge is 0.479 e. The number of carbonyl (C=O) groups is 1. The number of rotatable bonds is 8. The Bertz CT molecular complexity index is 1020. The van der Waals surface area contributed by atoms with Crippen molar-refractivity contribution < 1.29 is 32.7 Å². The summed E-state index contributed by atoms with van der Waals surface area (Å²) in [5.41, 5.74) is 0.790. The zero-order valence-electron chi connectivity index (χ0n) is 16.2. The van der Waals surface area contributed by atoms with Gasteiger partial charge in [-0.1, -0.05) is 5.16 Å². The van der Waals surface area contributed by atoms with Crippen molar-refractivity contribution in [2.45, 2.75) is 13.0 Å². The molecule has 0 aliphatic heterocycles. The third kappa shape index (κ3) is 4.71. The Morgan fingerprint density at radius 3 is 2.73 bits per heavy atom. The number of aromatic hydroxyl groups is 1. The first-order valence-electron chi connectivity index (χ1n) is 8.94. The monoisotopic (exact) mass is 419 g/mol. The lowest BCUT2D eigenvalue weighted by Crippen LogP contribution is -2.26. The topological polar surface area (TPSA) is 107 Å². The maximum atomic E-state index is 13.6. The Morgan fingerprint density at radius 1 is 1.27 bits per heavy atom. The molecule has 0 saturated carbocycles. The molecule has 8 nitrogen and oxygen atoms in total. The van der Waals surface area contributed by atoms with Crippen LogP contribution in [0.4, 0.5) is 8.78 Å². The van der Waals surface area contributed by atoms with Gasteiger partial charge in [0.05, 0.1) is 12.2 Å². The normalized spacial score (nSPS) is 11.9. The van der Waals surface area contributed by atoms with Crippen molar-refractivity contribution in [3.8, 4) is 23.1 Å². The van der Waals surface area contributed by atoms with Gasteiger partial charge in [0, 0.05) is 31.5 Å². The Kier molecular flexibility index (Phi) is 6.58. The predicted octanol–water partition coefficient (Wildman–Crippen LogP) is 3.24. The van der Waals surface area contributed by atoms with Crippen LogP contribution < -0.4 is 10.1 Å². The maximum absolute atomic E-state index is 13.6. The number of aromatic nitrogens is 2. The molecule has 3 aromatic rings. The summed E-state index contributed by atoms with van der Waals surface area (Å²) >= 11 is 0. The highest BCUT2D eigenvalue weighted by Crippen LogP contribution is 2.36. The summed E-state index contributed by atoms with van der Waals surface area (Å²) in [7, 11) is 1.53. The van der Waals surface area contributed by atoms with Crippen LogP contribution in [-0.2, 0) is 4.74 Å². The molecule has 3 rings (SSSR count). The molecule has 158 valence electrons. The average Bonchev–Trinajstić information content (AvgIpc) is 3.12. The van der Waals surface area contributed by atoms with Crippen molar-refractivity contribution in [2.24, 2.45) is 0 Å². The number of nitrogens with one attached hydrogen (secondary N) is 1. The van der Waals surface area contributed by atoms with Crippen molar-refractivity contribution >= 4 is 5.91 Å². The zero-order valence-corrected chi connectivity index (χ0v) is 16.2. The van der Waals surface area contributed by atoms with Gasteiger partial charge in [-0.2, -0.15) is 0 Å². The van der Waals surface area contributed by atoms with E-state index in [-0.39, 0.29) is 28.6 Å². The van der Waals surface area contributed by atoms with Crippen molar-refractivity contribution in [2.75, 3.05) is 20.3 Å². The van der Waals surface area contributed by atoms with Crippen molar-refractivity contribution in [1.82, 2.24) is 15.5 Å². The highest BCUT2D eigenvalue weighted by Gasteiger charge is 2.25. The third-order valence-corrected chi connectivity index (χ3v) is 4.20. The van der Waals surface area contributed by atoms with Gasteiger partial charge in [-0.05, 0) is 31.2 Å². The molecule has 30 heavy (non-hydrogen) atoms. The first-order chi connectivity index (χ1) is 14.4. The number of hydrogen-bond acceptors (Lipinski definition) is 7. The van der Waals surface area contributed by atoms with Crippen LogP contribution in [0, 0.1) is 11.6 Å². The first-order valence-corrected chi connectivity index (χ1v) is 8.94. The highest BCUT2D eigenvalue weighted by molar-refractivity contribution is 5.93. The lowest BCUT2D eigenvalue weighted by Gasteiger charge is -2.14. The minimum Gasteiger partial charge on any atom is -0.479 e. The van der Waals surface area contributed by atoms with Gasteiger partial charge in [0.15, 0.2) is 11.6 Å². The summed E-state index contributed by atoms with van der Waals surface area (Å²) in [5, 5.41) is 16.4. The van der Waals surface area contributed by atoms with Crippen molar-refractivity contribution in [3.63, 3.8) is 0 Å². The second kappa shape index (κ2) is 9.31. The molecular weight excluding hydrogens is 400 g/mol. The fraction of sp³-hybridized carbons (Fsp3) is 0.250. The summed E-state index contributed by atoms with van der Waals surface area (Å²) < 4.78 is 42.1. The van der Waals surface area contributed by atoms with Gasteiger partial charge in [0.25, 0.3) is 5.91 Å².